The van der Waals surface area contributed by atoms with Crippen molar-refractivity contribution in [3.8, 4) is 45.2 Å². The quantitative estimate of drug-likeness (QED) is 0.200. The standard InChI is InChI=1S/C31H19N4O.Pt/c1-32-23-16-17-26(29(36)20-23)31-34-30-25(13-8-15-28(30)35(31)24-11-3-2-4-12-24)21-9-7-10-22(19-21)27-14-5-6-18-33-27;/h2-18,20,36H;/q-1;. The zero-order chi connectivity index (χ0) is 24.5. The van der Waals surface area contributed by atoms with Gasteiger partial charge in [-0.25, -0.2) is 9.83 Å². The molecule has 5 nitrogen and oxygen atoms in total. The van der Waals surface area contributed by atoms with E-state index in [1.165, 1.54) is 6.07 Å². The molecule has 1 N–H and O–H groups in total. The molecule has 6 rings (SSSR count). The second-order valence-electron chi connectivity index (χ2n) is 8.29. The first-order chi connectivity index (χ1) is 17.7. The molecule has 6 heteroatoms. The zero-order valence-electron chi connectivity index (χ0n) is 19.4. The number of imidazole rings is 1. The summed E-state index contributed by atoms with van der Waals surface area (Å²) in [5, 5.41) is 10.8. The van der Waals surface area contributed by atoms with E-state index in [-0.39, 0.29) is 26.8 Å². The molecule has 2 aromatic heterocycles. The number of aromatic hydroxyl groups is 1. The molecule has 0 fully saturated rings. The number of aromatic nitrogens is 3. The van der Waals surface area contributed by atoms with Crippen molar-refractivity contribution in [2.45, 2.75) is 0 Å². The van der Waals surface area contributed by atoms with Crippen LogP contribution >= 0.6 is 0 Å². The van der Waals surface area contributed by atoms with Gasteiger partial charge in [-0.05, 0) is 30.3 Å². The first-order valence-corrected chi connectivity index (χ1v) is 11.4. The fraction of sp³-hybridized carbons (Fsp3) is 0. The molecule has 0 amide bonds. The minimum Gasteiger partial charge on any atom is -0.509 e. The van der Waals surface area contributed by atoms with Gasteiger partial charge in [0.25, 0.3) is 0 Å². The maximum absolute atomic E-state index is 10.8. The summed E-state index contributed by atoms with van der Waals surface area (Å²) in [4.78, 5) is 12.9. The monoisotopic (exact) mass is 658 g/mol. The molecule has 0 atom stereocenters. The average Bonchev–Trinajstić information content (AvgIpc) is 3.33. The summed E-state index contributed by atoms with van der Waals surface area (Å²) >= 11 is 0. The summed E-state index contributed by atoms with van der Waals surface area (Å²) in [6, 6.07) is 36.3. The fourth-order valence-corrected chi connectivity index (χ4v) is 4.41. The predicted octanol–water partition coefficient (Wildman–Crippen LogP) is 7.48. The molecule has 37 heavy (non-hydrogen) atoms. The SMILES string of the molecule is [C-]#[N+]c1ccc(-c2nc3c(-c4[c-]c(-c5ccccn5)ccc4)cccc3n2-c2ccccc2)c(O)c1.[Pt]. The fourth-order valence-electron chi connectivity index (χ4n) is 4.41. The summed E-state index contributed by atoms with van der Waals surface area (Å²) < 4.78 is 2.04. The van der Waals surface area contributed by atoms with Crippen LogP contribution in [0, 0.1) is 12.6 Å². The normalized spacial score (nSPS) is 10.6. The van der Waals surface area contributed by atoms with E-state index in [4.69, 9.17) is 11.6 Å². The van der Waals surface area contributed by atoms with E-state index in [0.29, 0.717) is 17.1 Å². The molecule has 0 bridgehead atoms. The van der Waals surface area contributed by atoms with Gasteiger partial charge in [-0.3, -0.25) is 9.55 Å². The number of phenols is 1. The third kappa shape index (κ3) is 4.44. The van der Waals surface area contributed by atoms with Crippen LogP contribution < -0.4 is 0 Å². The number of pyridine rings is 1. The average molecular weight is 659 g/mol. The smallest absolute Gasteiger partial charge is 0.190 e. The Hall–Kier alpha value is -4.52. The molecule has 180 valence electrons. The summed E-state index contributed by atoms with van der Waals surface area (Å²) in [5.41, 5.74) is 7.14. The second kappa shape index (κ2) is 10.2. The Morgan fingerprint density at radius 3 is 2.32 bits per heavy atom. The second-order valence-corrected chi connectivity index (χ2v) is 8.29. The Labute approximate surface area is 228 Å². The van der Waals surface area contributed by atoms with Crippen LogP contribution in [0.3, 0.4) is 0 Å². The molecule has 0 spiro atoms. The third-order valence-corrected chi connectivity index (χ3v) is 6.08. The molecule has 4 aromatic carbocycles. The Morgan fingerprint density at radius 2 is 1.57 bits per heavy atom. The van der Waals surface area contributed by atoms with Gasteiger partial charge >= 0.3 is 0 Å². The van der Waals surface area contributed by atoms with Gasteiger partial charge in [0.1, 0.15) is 11.6 Å². The van der Waals surface area contributed by atoms with Crippen LogP contribution in [0.4, 0.5) is 5.69 Å². The van der Waals surface area contributed by atoms with E-state index < -0.39 is 0 Å². The van der Waals surface area contributed by atoms with Gasteiger partial charge in [-0.15, -0.1) is 29.8 Å². The van der Waals surface area contributed by atoms with Crippen LogP contribution in [-0.4, -0.2) is 19.6 Å². The van der Waals surface area contributed by atoms with Gasteiger partial charge < -0.3 is 5.11 Å². The minimum atomic E-state index is 0. The Balaban J connectivity index is 0.00000280. The number of fused-ring (bicyclic) bond motifs is 1. The van der Waals surface area contributed by atoms with Gasteiger partial charge in [0.05, 0.1) is 23.2 Å². The number of phenolic OH excluding ortho intramolecular Hbond substituents is 1. The predicted molar refractivity (Wildman–Crippen MR) is 142 cm³/mol. The van der Waals surface area contributed by atoms with Crippen LogP contribution in [0.5, 0.6) is 5.75 Å². The van der Waals surface area contributed by atoms with Gasteiger partial charge in [-0.1, -0.05) is 65.7 Å². The number of para-hydroxylation sites is 2. The van der Waals surface area contributed by atoms with Gasteiger partial charge in [0, 0.05) is 38.6 Å². The number of hydrogen-bond donors (Lipinski definition) is 1. The van der Waals surface area contributed by atoms with E-state index in [1.54, 1.807) is 18.3 Å². The first-order valence-electron chi connectivity index (χ1n) is 11.4. The number of hydrogen-bond acceptors (Lipinski definition) is 3. The van der Waals surface area contributed by atoms with Crippen molar-refractivity contribution in [2.24, 2.45) is 0 Å². The summed E-state index contributed by atoms with van der Waals surface area (Å²) in [6.07, 6.45) is 1.77. The van der Waals surface area contributed by atoms with Crippen LogP contribution in [-0.2, 0) is 21.1 Å². The maximum atomic E-state index is 10.8. The van der Waals surface area contributed by atoms with Crippen molar-refractivity contribution in [1.82, 2.24) is 14.5 Å². The molecule has 0 aliphatic heterocycles. The van der Waals surface area contributed by atoms with Gasteiger partial charge in [0.2, 0.25) is 0 Å². The largest absolute Gasteiger partial charge is 0.509 e. The van der Waals surface area contributed by atoms with Gasteiger partial charge in [0.15, 0.2) is 5.69 Å². The van der Waals surface area contributed by atoms with E-state index in [2.05, 4.69) is 15.9 Å². The Bertz CT molecular complexity index is 1760. The molecule has 0 unspecified atom stereocenters. The number of nitrogens with zero attached hydrogens (tertiary/aromatic N) is 4. The van der Waals surface area contributed by atoms with Crippen LogP contribution in [0.15, 0.2) is 109 Å². The van der Waals surface area contributed by atoms with Crippen LogP contribution in [0.2, 0.25) is 0 Å². The minimum absolute atomic E-state index is 0. The van der Waals surface area contributed by atoms with Gasteiger partial charge in [-0.2, -0.15) is 0 Å². The van der Waals surface area contributed by atoms with Crippen molar-refractivity contribution in [3.05, 3.63) is 127 Å². The van der Waals surface area contributed by atoms with E-state index in [1.807, 2.05) is 89.5 Å². The van der Waals surface area contributed by atoms with Crippen LogP contribution in [0.25, 0.3) is 55.3 Å². The van der Waals surface area contributed by atoms with Crippen LogP contribution in [0.1, 0.15) is 0 Å². The molecule has 6 aromatic rings. The Morgan fingerprint density at radius 1 is 0.784 bits per heavy atom. The van der Waals surface area contributed by atoms with Crippen molar-refractivity contribution in [3.63, 3.8) is 0 Å². The van der Waals surface area contributed by atoms with Crippen molar-refractivity contribution in [2.75, 3.05) is 0 Å². The van der Waals surface area contributed by atoms with Crippen molar-refractivity contribution in [1.29, 1.82) is 0 Å². The third-order valence-electron chi connectivity index (χ3n) is 6.08. The van der Waals surface area contributed by atoms with E-state index in [0.717, 1.165) is 39.1 Å². The molecule has 0 radical (unpaired) electrons. The summed E-state index contributed by atoms with van der Waals surface area (Å²) in [5.74, 6) is 0.611. The molecule has 2 heterocycles. The summed E-state index contributed by atoms with van der Waals surface area (Å²) in [6.45, 7) is 7.27. The molecular weight excluding hydrogens is 639 g/mol. The van der Waals surface area contributed by atoms with Crippen molar-refractivity contribution >= 4 is 16.7 Å². The number of rotatable bonds is 4. The maximum Gasteiger partial charge on any atom is 0.190 e. The van der Waals surface area contributed by atoms with Crippen molar-refractivity contribution < 1.29 is 26.2 Å². The Kier molecular flexibility index (Phi) is 6.68. The molecular formula is C31H19N4OPt-. The first kappa shape index (κ1) is 24.2. The topological polar surface area (TPSA) is 55.3 Å². The molecule has 0 saturated heterocycles. The molecule has 0 saturated carbocycles. The molecule has 0 aliphatic carbocycles. The summed E-state index contributed by atoms with van der Waals surface area (Å²) in [7, 11) is 0. The van der Waals surface area contributed by atoms with E-state index in [9.17, 15) is 5.11 Å². The zero-order valence-corrected chi connectivity index (χ0v) is 21.7. The molecule has 0 aliphatic rings. The number of benzene rings is 4. The van der Waals surface area contributed by atoms with E-state index >= 15 is 0 Å².